The maximum Gasteiger partial charge on any atom is 0.239 e. The van der Waals surface area contributed by atoms with Crippen LogP contribution in [0, 0.1) is 18.7 Å². The monoisotopic (exact) mass is 502 g/mol. The van der Waals surface area contributed by atoms with Gasteiger partial charge in [0.15, 0.2) is 11.4 Å². The Bertz CT molecular complexity index is 1450. The second-order valence-corrected chi connectivity index (χ2v) is 10.4. The number of imidazole rings is 1. The molecule has 2 N–H and O–H groups in total. The summed E-state index contributed by atoms with van der Waals surface area (Å²) in [6, 6.07) is 13.4. The average Bonchev–Trinajstić information content (AvgIpc) is 3.53. The minimum absolute atomic E-state index is 0.187. The number of fused-ring (bicyclic) bond motifs is 1. The summed E-state index contributed by atoms with van der Waals surface area (Å²) in [5.41, 5.74) is 3.69. The Morgan fingerprint density at radius 2 is 2.03 bits per heavy atom. The van der Waals surface area contributed by atoms with Gasteiger partial charge in [-0.15, -0.1) is 5.10 Å². The van der Waals surface area contributed by atoms with E-state index >= 15 is 0 Å². The van der Waals surface area contributed by atoms with E-state index in [1.54, 1.807) is 42.8 Å². The highest BCUT2D eigenvalue weighted by Crippen LogP contribution is 2.35. The third kappa shape index (κ3) is 5.97. The second-order valence-electron chi connectivity index (χ2n) is 10.4. The molecular formula is C29H31FN4O3. The molecule has 0 bridgehead atoms. The van der Waals surface area contributed by atoms with Gasteiger partial charge in [0.1, 0.15) is 11.6 Å². The molecule has 0 saturated heterocycles. The fraction of sp³-hybridized carbons (Fsp3) is 0.345. The third-order valence-electron chi connectivity index (χ3n) is 6.51. The summed E-state index contributed by atoms with van der Waals surface area (Å²) in [4.78, 5) is 17.3. The van der Waals surface area contributed by atoms with E-state index in [1.165, 1.54) is 12.1 Å². The number of carbonyl (C=O) groups is 1. The SMILES string of the molecule is Cc1cc(-c2cnc3c(NCCC(C)(C)O)cc(Oc4cccc(F)c4)nn23)ccc1C(=O)CC1CC1. The smallest absolute Gasteiger partial charge is 0.239 e. The van der Waals surface area contributed by atoms with Crippen molar-refractivity contribution in [3.8, 4) is 22.9 Å². The van der Waals surface area contributed by atoms with Gasteiger partial charge in [0.2, 0.25) is 5.88 Å². The van der Waals surface area contributed by atoms with Crippen molar-refractivity contribution in [3.05, 3.63) is 71.7 Å². The molecule has 8 heteroatoms. The Morgan fingerprint density at radius 1 is 1.22 bits per heavy atom. The maximum absolute atomic E-state index is 13.7. The molecule has 1 aliphatic rings. The standard InChI is InChI=1S/C29H31FN4O3/c1-18-13-20(9-10-23(18)26(35)14-19-7-8-19)25-17-32-28-24(31-12-11-29(2,3)36)16-27(33-34(25)28)37-22-6-4-5-21(30)15-22/h4-6,9-10,13,15-17,19,31,36H,7-8,11-12,14H2,1-3H3. The van der Waals surface area contributed by atoms with E-state index < -0.39 is 11.4 Å². The number of rotatable bonds is 10. The molecule has 2 heterocycles. The molecule has 0 spiro atoms. The zero-order valence-electron chi connectivity index (χ0n) is 21.3. The van der Waals surface area contributed by atoms with Crippen LogP contribution >= 0.6 is 0 Å². The lowest BCUT2D eigenvalue weighted by molar-refractivity contribution is 0.0748. The van der Waals surface area contributed by atoms with Crippen molar-refractivity contribution in [2.24, 2.45) is 5.92 Å². The second kappa shape index (κ2) is 9.94. The summed E-state index contributed by atoms with van der Waals surface area (Å²) in [6.07, 6.45) is 5.14. The summed E-state index contributed by atoms with van der Waals surface area (Å²) in [6.45, 7) is 5.96. The topological polar surface area (TPSA) is 88.8 Å². The number of hydrogen-bond donors (Lipinski definition) is 2. The predicted octanol–water partition coefficient (Wildman–Crippen LogP) is 6.19. The fourth-order valence-corrected chi connectivity index (χ4v) is 4.31. The third-order valence-corrected chi connectivity index (χ3v) is 6.51. The minimum Gasteiger partial charge on any atom is -0.437 e. The van der Waals surface area contributed by atoms with Crippen LogP contribution in [0.1, 0.15) is 55.5 Å². The van der Waals surface area contributed by atoms with E-state index in [0.29, 0.717) is 42.4 Å². The highest BCUT2D eigenvalue weighted by Gasteiger charge is 2.25. The first-order valence-corrected chi connectivity index (χ1v) is 12.6. The van der Waals surface area contributed by atoms with E-state index in [1.807, 2.05) is 25.1 Å². The summed E-state index contributed by atoms with van der Waals surface area (Å²) < 4.78 is 21.3. The zero-order valence-corrected chi connectivity index (χ0v) is 21.3. The van der Waals surface area contributed by atoms with Crippen molar-refractivity contribution in [1.82, 2.24) is 14.6 Å². The highest BCUT2D eigenvalue weighted by molar-refractivity contribution is 5.98. The molecule has 7 nitrogen and oxygen atoms in total. The highest BCUT2D eigenvalue weighted by atomic mass is 19.1. The molecule has 0 aliphatic heterocycles. The molecule has 2 aromatic heterocycles. The molecule has 1 fully saturated rings. The first-order valence-electron chi connectivity index (χ1n) is 12.6. The number of ketones is 1. The van der Waals surface area contributed by atoms with Gasteiger partial charge in [-0.25, -0.2) is 13.9 Å². The van der Waals surface area contributed by atoms with Gasteiger partial charge in [-0.2, -0.15) is 0 Å². The summed E-state index contributed by atoms with van der Waals surface area (Å²) in [5.74, 6) is 0.902. The molecule has 0 unspecified atom stereocenters. The Labute approximate surface area is 215 Å². The van der Waals surface area contributed by atoms with Gasteiger partial charge in [-0.1, -0.05) is 18.2 Å². The number of hydrogen-bond acceptors (Lipinski definition) is 6. The molecule has 0 atom stereocenters. The van der Waals surface area contributed by atoms with Crippen LogP contribution in [0.5, 0.6) is 11.6 Å². The Kier molecular flexibility index (Phi) is 6.69. The largest absolute Gasteiger partial charge is 0.437 e. The Morgan fingerprint density at radius 3 is 2.73 bits per heavy atom. The van der Waals surface area contributed by atoms with Crippen LogP contribution in [0.4, 0.5) is 10.1 Å². The number of anilines is 1. The molecule has 4 aromatic rings. The van der Waals surface area contributed by atoms with Crippen molar-refractivity contribution >= 4 is 17.1 Å². The number of halogens is 1. The van der Waals surface area contributed by atoms with Crippen molar-refractivity contribution in [1.29, 1.82) is 0 Å². The molecule has 192 valence electrons. The number of Topliss-reactive ketones (excluding diaryl/α,β-unsaturated/α-hetero) is 1. The van der Waals surface area contributed by atoms with Crippen molar-refractivity contribution < 1.29 is 19.0 Å². The van der Waals surface area contributed by atoms with Crippen LogP contribution in [-0.4, -0.2) is 37.6 Å². The number of aliphatic hydroxyl groups is 1. The molecule has 5 rings (SSSR count). The van der Waals surface area contributed by atoms with Gasteiger partial charge in [0, 0.05) is 36.2 Å². The van der Waals surface area contributed by atoms with E-state index in [9.17, 15) is 14.3 Å². The van der Waals surface area contributed by atoms with Gasteiger partial charge in [0.25, 0.3) is 0 Å². The number of nitrogens with one attached hydrogen (secondary N) is 1. The summed E-state index contributed by atoms with van der Waals surface area (Å²) >= 11 is 0. The van der Waals surface area contributed by atoms with E-state index in [4.69, 9.17) is 4.74 Å². The molecule has 37 heavy (non-hydrogen) atoms. The predicted molar refractivity (Wildman–Crippen MR) is 141 cm³/mol. The first-order chi connectivity index (χ1) is 17.7. The van der Waals surface area contributed by atoms with Gasteiger partial charge < -0.3 is 15.2 Å². The van der Waals surface area contributed by atoms with Crippen molar-refractivity contribution in [3.63, 3.8) is 0 Å². The number of aryl methyl sites for hydroxylation is 1. The molecule has 0 amide bonds. The molecular weight excluding hydrogens is 471 g/mol. The van der Waals surface area contributed by atoms with E-state index in [-0.39, 0.29) is 11.7 Å². The van der Waals surface area contributed by atoms with Crippen LogP contribution in [0.25, 0.3) is 16.9 Å². The first kappa shape index (κ1) is 24.9. The number of benzene rings is 2. The average molecular weight is 503 g/mol. The van der Waals surface area contributed by atoms with Crippen molar-refractivity contribution in [2.75, 3.05) is 11.9 Å². The van der Waals surface area contributed by atoms with Crippen LogP contribution in [0.15, 0.2) is 54.7 Å². The molecule has 1 saturated carbocycles. The Hall–Kier alpha value is -3.78. The van der Waals surface area contributed by atoms with Crippen LogP contribution in [-0.2, 0) is 0 Å². The number of ether oxygens (including phenoxy) is 1. The molecule has 1 aliphatic carbocycles. The lowest BCUT2D eigenvalue weighted by atomic mass is 9.98. The van der Waals surface area contributed by atoms with Crippen LogP contribution < -0.4 is 10.1 Å². The zero-order chi connectivity index (χ0) is 26.2. The van der Waals surface area contributed by atoms with E-state index in [2.05, 4.69) is 15.4 Å². The number of carbonyl (C=O) groups excluding carboxylic acids is 1. The minimum atomic E-state index is -0.825. The van der Waals surface area contributed by atoms with Crippen molar-refractivity contribution in [2.45, 2.75) is 52.1 Å². The maximum atomic E-state index is 13.7. The quantitative estimate of drug-likeness (QED) is 0.251. The van der Waals surface area contributed by atoms with Gasteiger partial charge >= 0.3 is 0 Å². The number of aromatic nitrogens is 3. The van der Waals surface area contributed by atoms with Gasteiger partial charge in [0.05, 0.1) is 23.2 Å². The van der Waals surface area contributed by atoms with Crippen LogP contribution in [0.3, 0.4) is 0 Å². The molecule has 0 radical (unpaired) electrons. The number of nitrogens with zero attached hydrogens (tertiary/aromatic N) is 3. The van der Waals surface area contributed by atoms with E-state index in [0.717, 1.165) is 35.2 Å². The van der Waals surface area contributed by atoms with Gasteiger partial charge in [-0.05, 0) is 69.7 Å². The lowest BCUT2D eigenvalue weighted by Gasteiger charge is -2.18. The van der Waals surface area contributed by atoms with Gasteiger partial charge in [-0.3, -0.25) is 4.79 Å². The summed E-state index contributed by atoms with van der Waals surface area (Å²) in [5, 5.41) is 18.1. The fourth-order valence-electron chi connectivity index (χ4n) is 4.31. The summed E-state index contributed by atoms with van der Waals surface area (Å²) in [7, 11) is 0. The normalized spacial score (nSPS) is 13.6. The van der Waals surface area contributed by atoms with Crippen LogP contribution in [0.2, 0.25) is 0 Å². The molecule has 2 aromatic carbocycles. The Balaban J connectivity index is 1.51. The lowest BCUT2D eigenvalue weighted by Crippen LogP contribution is -2.22.